The molecule has 0 radical (unpaired) electrons. The van der Waals surface area contributed by atoms with Crippen LogP contribution in [0, 0.1) is 6.92 Å². The number of carbonyl (C=O) groups excluding carboxylic acids is 1. The van der Waals surface area contributed by atoms with E-state index in [0.717, 1.165) is 15.4 Å². The summed E-state index contributed by atoms with van der Waals surface area (Å²) in [5.74, 6) is -0.393. The van der Waals surface area contributed by atoms with E-state index in [1.807, 2.05) is 31.2 Å². The molecule has 0 aliphatic rings. The number of hydrogen-bond acceptors (Lipinski definition) is 3. The smallest absolute Gasteiger partial charge is 0.245 e. The second-order valence-corrected chi connectivity index (χ2v) is 8.52. The van der Waals surface area contributed by atoms with Crippen molar-refractivity contribution in [3.05, 3.63) is 63.6 Å². The molecule has 0 bridgehead atoms. The lowest BCUT2D eigenvalue weighted by Gasteiger charge is -2.21. The van der Waals surface area contributed by atoms with E-state index >= 15 is 0 Å². The summed E-state index contributed by atoms with van der Waals surface area (Å²) >= 11 is 11.9. The fraction of sp³-hybridized carbons (Fsp3) is 0.278. The lowest BCUT2D eigenvalue weighted by Crippen LogP contribution is -2.40. The highest BCUT2D eigenvalue weighted by molar-refractivity contribution is 7.89. The van der Waals surface area contributed by atoms with Crippen molar-refractivity contribution >= 4 is 39.1 Å². The van der Waals surface area contributed by atoms with Crippen molar-refractivity contribution in [2.75, 3.05) is 13.1 Å². The zero-order chi connectivity index (χ0) is 19.3. The minimum atomic E-state index is -3.93. The van der Waals surface area contributed by atoms with Crippen LogP contribution in [0.1, 0.15) is 18.1 Å². The molecule has 0 unspecified atom stereocenters. The number of likely N-dealkylation sites (N-methyl/N-ethyl adjacent to an activating group) is 1. The van der Waals surface area contributed by atoms with Gasteiger partial charge >= 0.3 is 0 Å². The van der Waals surface area contributed by atoms with Gasteiger partial charge in [0.1, 0.15) is 4.90 Å². The molecule has 0 aliphatic heterocycles. The maximum Gasteiger partial charge on any atom is 0.245 e. The van der Waals surface area contributed by atoms with Crippen molar-refractivity contribution in [1.29, 1.82) is 0 Å². The van der Waals surface area contributed by atoms with Crippen LogP contribution in [-0.2, 0) is 21.4 Å². The molecule has 8 heteroatoms. The summed E-state index contributed by atoms with van der Waals surface area (Å²) < 4.78 is 26.7. The first-order chi connectivity index (χ1) is 12.2. The number of halogens is 2. The average molecular weight is 415 g/mol. The van der Waals surface area contributed by atoms with Crippen LogP contribution in [0.3, 0.4) is 0 Å². The molecule has 2 aromatic rings. The van der Waals surface area contributed by atoms with E-state index in [2.05, 4.69) is 5.32 Å². The van der Waals surface area contributed by atoms with Gasteiger partial charge in [-0.15, -0.1) is 0 Å². The van der Waals surface area contributed by atoms with Gasteiger partial charge in [-0.1, -0.05) is 60.0 Å². The molecule has 2 rings (SSSR count). The molecule has 0 aliphatic carbocycles. The molecule has 1 amide bonds. The Morgan fingerprint density at radius 3 is 2.54 bits per heavy atom. The molecule has 0 spiro atoms. The van der Waals surface area contributed by atoms with E-state index in [1.54, 1.807) is 6.92 Å². The predicted octanol–water partition coefficient (Wildman–Crippen LogP) is 3.63. The molecule has 0 saturated heterocycles. The summed E-state index contributed by atoms with van der Waals surface area (Å²) in [6.45, 7) is 3.78. The van der Waals surface area contributed by atoms with Crippen molar-refractivity contribution in [3.8, 4) is 0 Å². The summed E-state index contributed by atoms with van der Waals surface area (Å²) in [4.78, 5) is 12.1. The second kappa shape index (κ2) is 8.86. The van der Waals surface area contributed by atoms with Crippen molar-refractivity contribution < 1.29 is 13.2 Å². The standard InChI is InChI=1S/C18H20Cl2N2O3S/c1-3-22(26(24,25)17-10-15(19)7-8-16(17)20)12-18(23)21-11-14-6-4-5-13(2)9-14/h4-10H,3,11-12H2,1-2H3,(H,21,23). The van der Waals surface area contributed by atoms with E-state index < -0.39 is 15.9 Å². The molecular weight excluding hydrogens is 395 g/mol. The van der Waals surface area contributed by atoms with E-state index in [0.29, 0.717) is 6.54 Å². The monoisotopic (exact) mass is 414 g/mol. The topological polar surface area (TPSA) is 66.5 Å². The molecule has 0 heterocycles. The summed E-state index contributed by atoms with van der Waals surface area (Å²) in [7, 11) is -3.93. The van der Waals surface area contributed by atoms with Gasteiger partial charge in [0, 0.05) is 18.1 Å². The van der Waals surface area contributed by atoms with E-state index in [-0.39, 0.29) is 28.0 Å². The van der Waals surface area contributed by atoms with Crippen LogP contribution in [0.5, 0.6) is 0 Å². The first-order valence-corrected chi connectivity index (χ1v) is 10.2. The quantitative estimate of drug-likeness (QED) is 0.751. The molecule has 26 heavy (non-hydrogen) atoms. The normalized spacial score (nSPS) is 11.6. The van der Waals surface area contributed by atoms with Crippen molar-refractivity contribution in [1.82, 2.24) is 9.62 Å². The average Bonchev–Trinajstić information content (AvgIpc) is 2.59. The highest BCUT2D eigenvalue weighted by Gasteiger charge is 2.27. The van der Waals surface area contributed by atoms with E-state index in [1.165, 1.54) is 18.2 Å². The Morgan fingerprint density at radius 1 is 1.15 bits per heavy atom. The highest BCUT2D eigenvalue weighted by atomic mass is 35.5. The summed E-state index contributed by atoms with van der Waals surface area (Å²) in [5, 5.41) is 3.06. The van der Waals surface area contributed by atoms with Crippen LogP contribution in [0.25, 0.3) is 0 Å². The Morgan fingerprint density at radius 2 is 1.88 bits per heavy atom. The largest absolute Gasteiger partial charge is 0.351 e. The molecule has 0 atom stereocenters. The third kappa shape index (κ3) is 5.20. The van der Waals surface area contributed by atoms with Crippen molar-refractivity contribution in [2.45, 2.75) is 25.3 Å². The number of benzene rings is 2. The number of amides is 1. The van der Waals surface area contributed by atoms with Crippen molar-refractivity contribution in [2.24, 2.45) is 0 Å². The van der Waals surface area contributed by atoms with Gasteiger partial charge in [-0.3, -0.25) is 4.79 Å². The maximum atomic E-state index is 12.8. The SMILES string of the molecule is CCN(CC(=O)NCc1cccc(C)c1)S(=O)(=O)c1cc(Cl)ccc1Cl. The Hall–Kier alpha value is -1.60. The van der Waals surface area contributed by atoms with Crippen LogP contribution in [0.4, 0.5) is 0 Å². The maximum absolute atomic E-state index is 12.8. The highest BCUT2D eigenvalue weighted by Crippen LogP contribution is 2.27. The number of aryl methyl sites for hydroxylation is 1. The van der Waals surface area contributed by atoms with Crippen LogP contribution < -0.4 is 5.32 Å². The first-order valence-electron chi connectivity index (χ1n) is 8.01. The fourth-order valence-corrected chi connectivity index (χ4v) is 4.56. The summed E-state index contributed by atoms with van der Waals surface area (Å²) in [6.07, 6.45) is 0. The van der Waals surface area contributed by atoms with Gasteiger partial charge in [0.15, 0.2) is 0 Å². The van der Waals surface area contributed by atoms with Gasteiger partial charge in [0.05, 0.1) is 11.6 Å². The van der Waals surface area contributed by atoms with E-state index in [4.69, 9.17) is 23.2 Å². The zero-order valence-corrected chi connectivity index (χ0v) is 16.8. The molecule has 2 aromatic carbocycles. The third-order valence-corrected chi connectivity index (χ3v) is 6.39. The van der Waals surface area contributed by atoms with Gasteiger partial charge in [0.2, 0.25) is 15.9 Å². The molecule has 1 N–H and O–H groups in total. The van der Waals surface area contributed by atoms with Crippen LogP contribution in [0.2, 0.25) is 10.0 Å². The molecule has 0 fully saturated rings. The second-order valence-electron chi connectivity index (χ2n) is 5.77. The van der Waals surface area contributed by atoms with E-state index in [9.17, 15) is 13.2 Å². The number of nitrogens with zero attached hydrogens (tertiary/aromatic N) is 1. The fourth-order valence-electron chi connectivity index (χ4n) is 2.42. The lowest BCUT2D eigenvalue weighted by molar-refractivity contribution is -0.121. The number of sulfonamides is 1. The molecule has 140 valence electrons. The molecule has 5 nitrogen and oxygen atoms in total. The number of rotatable bonds is 7. The number of carbonyl (C=O) groups is 1. The van der Waals surface area contributed by atoms with Gasteiger partial charge in [-0.05, 0) is 30.7 Å². The summed E-state index contributed by atoms with van der Waals surface area (Å²) in [5.41, 5.74) is 2.03. The van der Waals surface area contributed by atoms with Crippen LogP contribution >= 0.6 is 23.2 Å². The third-order valence-electron chi connectivity index (χ3n) is 3.76. The lowest BCUT2D eigenvalue weighted by atomic mass is 10.1. The minimum Gasteiger partial charge on any atom is -0.351 e. The van der Waals surface area contributed by atoms with Gasteiger partial charge < -0.3 is 5.32 Å². The number of hydrogen-bond donors (Lipinski definition) is 1. The Balaban J connectivity index is 2.10. The Labute approximate surface area is 164 Å². The number of nitrogens with one attached hydrogen (secondary N) is 1. The first kappa shape index (κ1) is 20.7. The van der Waals surface area contributed by atoms with Crippen molar-refractivity contribution in [3.63, 3.8) is 0 Å². The predicted molar refractivity (Wildman–Crippen MR) is 104 cm³/mol. The minimum absolute atomic E-state index is 0.0630. The van der Waals surface area contributed by atoms with Crippen LogP contribution in [-0.4, -0.2) is 31.7 Å². The molecule has 0 aromatic heterocycles. The van der Waals surface area contributed by atoms with Gasteiger partial charge in [0.25, 0.3) is 0 Å². The van der Waals surface area contributed by atoms with Gasteiger partial charge in [-0.2, -0.15) is 4.31 Å². The van der Waals surface area contributed by atoms with Gasteiger partial charge in [-0.25, -0.2) is 8.42 Å². The molecular formula is C18H20Cl2N2O3S. The Bertz CT molecular complexity index is 901. The van der Waals surface area contributed by atoms with Crippen LogP contribution in [0.15, 0.2) is 47.4 Å². The zero-order valence-electron chi connectivity index (χ0n) is 14.5. The summed E-state index contributed by atoms with van der Waals surface area (Å²) in [6, 6.07) is 11.9. The molecule has 0 saturated carbocycles. The Kier molecular flexibility index (Phi) is 7.06.